The maximum atomic E-state index is 7.36. The molecule has 0 amide bonds. The molecule has 3 aliphatic carbocycles. The summed E-state index contributed by atoms with van der Waals surface area (Å²) in [6, 6.07) is 26.9. The predicted molar refractivity (Wildman–Crippen MR) is 163 cm³/mol. The van der Waals surface area contributed by atoms with Crippen LogP contribution in [-0.2, 0) is 0 Å². The summed E-state index contributed by atoms with van der Waals surface area (Å²) in [6.07, 6.45) is 25.6. The SMILES string of the molecule is NC12C=CC=CC1C1C=CC=CC1N2c1ccccc1C1=CC=CCC1n1c2ccccc2c2ccccc21. The number of fused-ring (bicyclic) bond motifs is 6. The molecule has 5 atom stereocenters. The van der Waals surface area contributed by atoms with Crippen LogP contribution in [0.3, 0.4) is 0 Å². The number of anilines is 1. The van der Waals surface area contributed by atoms with Crippen molar-refractivity contribution in [1.29, 1.82) is 0 Å². The molecule has 8 rings (SSSR count). The molecular weight excluding hydrogens is 474 g/mol. The van der Waals surface area contributed by atoms with Gasteiger partial charge in [-0.1, -0.05) is 115 Å². The first-order valence-electron chi connectivity index (χ1n) is 14.0. The number of rotatable bonds is 3. The highest BCUT2D eigenvalue weighted by Crippen LogP contribution is 2.51. The fraction of sp³-hybridized carbons (Fsp3) is 0.167. The fourth-order valence-corrected chi connectivity index (χ4v) is 7.51. The zero-order valence-electron chi connectivity index (χ0n) is 21.8. The molecule has 39 heavy (non-hydrogen) atoms. The molecule has 0 saturated carbocycles. The summed E-state index contributed by atoms with van der Waals surface area (Å²) in [5.41, 5.74) is 13.1. The molecule has 0 spiro atoms. The van der Waals surface area contributed by atoms with Crippen molar-refractivity contribution in [1.82, 2.24) is 4.57 Å². The number of allylic oxidation sites excluding steroid dienone is 8. The third kappa shape index (κ3) is 3.20. The van der Waals surface area contributed by atoms with Gasteiger partial charge >= 0.3 is 0 Å². The van der Waals surface area contributed by atoms with Crippen molar-refractivity contribution in [2.75, 3.05) is 4.90 Å². The molecule has 1 aromatic heterocycles. The fourth-order valence-electron chi connectivity index (χ4n) is 7.51. The van der Waals surface area contributed by atoms with E-state index in [4.69, 9.17) is 5.73 Å². The van der Waals surface area contributed by atoms with Crippen LogP contribution in [-0.4, -0.2) is 16.3 Å². The van der Waals surface area contributed by atoms with Crippen LogP contribution in [0.4, 0.5) is 5.69 Å². The quantitative estimate of drug-likeness (QED) is 0.309. The topological polar surface area (TPSA) is 34.2 Å². The average molecular weight is 506 g/mol. The Kier molecular flexibility index (Phi) is 4.98. The first-order chi connectivity index (χ1) is 19.3. The van der Waals surface area contributed by atoms with Crippen molar-refractivity contribution < 1.29 is 0 Å². The molecule has 190 valence electrons. The lowest BCUT2D eigenvalue weighted by Crippen LogP contribution is -2.56. The Labute approximate surface area is 229 Å². The van der Waals surface area contributed by atoms with Crippen molar-refractivity contribution >= 4 is 33.1 Å². The van der Waals surface area contributed by atoms with E-state index in [2.05, 4.69) is 149 Å². The van der Waals surface area contributed by atoms with Crippen LogP contribution in [0.15, 0.2) is 140 Å². The number of benzene rings is 3. The van der Waals surface area contributed by atoms with Crippen molar-refractivity contribution in [2.24, 2.45) is 17.6 Å². The van der Waals surface area contributed by atoms with Crippen molar-refractivity contribution in [2.45, 2.75) is 24.2 Å². The van der Waals surface area contributed by atoms with E-state index in [0.717, 1.165) is 6.42 Å². The highest BCUT2D eigenvalue weighted by atomic mass is 15.3. The van der Waals surface area contributed by atoms with E-state index >= 15 is 0 Å². The maximum Gasteiger partial charge on any atom is 0.115 e. The number of hydrogen-bond donors (Lipinski definition) is 1. The molecule has 0 radical (unpaired) electrons. The molecule has 5 unspecified atom stereocenters. The van der Waals surface area contributed by atoms with Gasteiger partial charge in [0, 0.05) is 44.9 Å². The minimum Gasteiger partial charge on any atom is -0.342 e. The standard InChI is InChI=1S/C36H31N3/c37-36-24-12-11-18-30(36)29-17-5-10-23-35(29)39(36)34-22-9-4-16-28(34)27-15-3-8-21-33(27)38-31-19-6-1-13-25(31)26-14-2-7-20-32(26)38/h1-20,22-24,29-30,33,35H,21,37H2. The molecular formula is C36H31N3. The van der Waals surface area contributed by atoms with Gasteiger partial charge in [-0.25, -0.2) is 0 Å². The van der Waals surface area contributed by atoms with E-state index in [0.29, 0.717) is 5.92 Å². The van der Waals surface area contributed by atoms with Crippen LogP contribution in [0.1, 0.15) is 18.0 Å². The number of para-hydroxylation sites is 3. The first-order valence-corrected chi connectivity index (χ1v) is 14.0. The smallest absolute Gasteiger partial charge is 0.115 e. The summed E-state index contributed by atoms with van der Waals surface area (Å²) in [5, 5.41) is 2.61. The molecule has 4 aliphatic rings. The summed E-state index contributed by atoms with van der Waals surface area (Å²) in [4.78, 5) is 2.49. The van der Waals surface area contributed by atoms with Crippen LogP contribution in [0.5, 0.6) is 0 Å². The van der Waals surface area contributed by atoms with E-state index in [1.165, 1.54) is 38.6 Å². The number of hydrogen-bond acceptors (Lipinski definition) is 2. The zero-order chi connectivity index (χ0) is 26.0. The van der Waals surface area contributed by atoms with Crippen molar-refractivity contribution in [3.05, 3.63) is 145 Å². The Bertz CT molecular complexity index is 1740. The lowest BCUT2D eigenvalue weighted by atomic mass is 9.80. The summed E-state index contributed by atoms with van der Waals surface area (Å²) in [5.74, 6) is 0.553. The van der Waals surface area contributed by atoms with Gasteiger partial charge in [0.2, 0.25) is 0 Å². The number of nitrogens with zero attached hydrogens (tertiary/aromatic N) is 2. The summed E-state index contributed by atoms with van der Waals surface area (Å²) in [6.45, 7) is 0. The van der Waals surface area contributed by atoms with Crippen LogP contribution in [0.25, 0.3) is 27.4 Å². The molecule has 3 heteroatoms. The molecule has 0 bridgehead atoms. The monoisotopic (exact) mass is 505 g/mol. The molecule has 2 N–H and O–H groups in total. The number of nitrogens with two attached hydrogens (primary N) is 1. The van der Waals surface area contributed by atoms with Crippen LogP contribution < -0.4 is 10.6 Å². The van der Waals surface area contributed by atoms with Crippen LogP contribution >= 0.6 is 0 Å². The van der Waals surface area contributed by atoms with Crippen LogP contribution in [0, 0.1) is 11.8 Å². The number of aromatic nitrogens is 1. The third-order valence-corrected chi connectivity index (χ3v) is 9.14. The molecule has 3 aromatic carbocycles. The van der Waals surface area contributed by atoms with E-state index in [-0.39, 0.29) is 18.0 Å². The highest BCUT2D eigenvalue weighted by Gasteiger charge is 2.54. The molecule has 3 nitrogen and oxygen atoms in total. The summed E-state index contributed by atoms with van der Waals surface area (Å²) < 4.78 is 2.55. The lowest BCUT2D eigenvalue weighted by molar-refractivity contribution is 0.416. The normalized spacial score (nSPS) is 28.7. The Morgan fingerprint density at radius 1 is 0.718 bits per heavy atom. The van der Waals surface area contributed by atoms with Gasteiger partial charge in [-0.2, -0.15) is 0 Å². The minimum atomic E-state index is -0.591. The van der Waals surface area contributed by atoms with Gasteiger partial charge in [0.05, 0.1) is 12.1 Å². The Hall–Kier alpha value is -4.34. The summed E-state index contributed by atoms with van der Waals surface area (Å²) >= 11 is 0. The predicted octanol–water partition coefficient (Wildman–Crippen LogP) is 7.71. The van der Waals surface area contributed by atoms with Gasteiger partial charge in [0.25, 0.3) is 0 Å². The van der Waals surface area contributed by atoms with Gasteiger partial charge < -0.3 is 15.2 Å². The second kappa shape index (κ2) is 8.59. The van der Waals surface area contributed by atoms with Gasteiger partial charge in [-0.15, -0.1) is 0 Å². The second-order valence-corrected chi connectivity index (χ2v) is 11.1. The second-order valence-electron chi connectivity index (χ2n) is 11.1. The third-order valence-electron chi connectivity index (χ3n) is 9.14. The van der Waals surface area contributed by atoms with E-state index in [1.54, 1.807) is 0 Å². The van der Waals surface area contributed by atoms with Gasteiger partial charge in [0.15, 0.2) is 0 Å². The Morgan fingerprint density at radius 2 is 1.41 bits per heavy atom. The first kappa shape index (κ1) is 22.6. The van der Waals surface area contributed by atoms with Crippen molar-refractivity contribution in [3.8, 4) is 0 Å². The summed E-state index contributed by atoms with van der Waals surface area (Å²) in [7, 11) is 0. The van der Waals surface area contributed by atoms with Crippen molar-refractivity contribution in [3.63, 3.8) is 0 Å². The molecule has 1 saturated heterocycles. The van der Waals surface area contributed by atoms with Crippen LogP contribution in [0.2, 0.25) is 0 Å². The highest BCUT2D eigenvalue weighted by molar-refractivity contribution is 6.08. The average Bonchev–Trinajstić information content (AvgIpc) is 3.46. The Morgan fingerprint density at radius 3 is 2.23 bits per heavy atom. The zero-order valence-corrected chi connectivity index (χ0v) is 21.8. The molecule has 1 aliphatic heterocycles. The molecule has 1 fully saturated rings. The largest absolute Gasteiger partial charge is 0.342 e. The van der Waals surface area contributed by atoms with Gasteiger partial charge in [0.1, 0.15) is 5.66 Å². The Balaban J connectivity index is 1.32. The maximum absolute atomic E-state index is 7.36. The van der Waals surface area contributed by atoms with E-state index in [9.17, 15) is 0 Å². The lowest BCUT2D eigenvalue weighted by Gasteiger charge is -2.42. The van der Waals surface area contributed by atoms with E-state index in [1.807, 2.05) is 0 Å². The van der Waals surface area contributed by atoms with E-state index < -0.39 is 5.66 Å². The minimum absolute atomic E-state index is 0.174. The molecule has 2 heterocycles. The van der Waals surface area contributed by atoms with Gasteiger partial charge in [-0.05, 0) is 36.3 Å². The molecule has 4 aromatic rings. The van der Waals surface area contributed by atoms with Gasteiger partial charge in [-0.3, -0.25) is 0 Å².